The zero-order valence-electron chi connectivity index (χ0n) is 12.9. The van der Waals surface area contributed by atoms with Crippen LogP contribution in [-0.2, 0) is 6.42 Å². The lowest BCUT2D eigenvalue weighted by Crippen LogP contribution is -2.39. The lowest BCUT2D eigenvalue weighted by atomic mass is 9.85. The van der Waals surface area contributed by atoms with Gasteiger partial charge in [-0.2, -0.15) is 0 Å². The van der Waals surface area contributed by atoms with Gasteiger partial charge in [-0.25, -0.2) is 0 Å². The van der Waals surface area contributed by atoms with Crippen molar-refractivity contribution in [2.75, 3.05) is 11.9 Å². The lowest BCUT2D eigenvalue weighted by molar-refractivity contribution is 0.321. The average molecular weight is 339 g/mol. The summed E-state index contributed by atoms with van der Waals surface area (Å²) in [4.78, 5) is 2.46. The normalized spacial score (nSPS) is 24.4. The van der Waals surface area contributed by atoms with Crippen molar-refractivity contribution in [2.24, 2.45) is 11.7 Å². The molecule has 0 aromatic heterocycles. The van der Waals surface area contributed by atoms with Gasteiger partial charge in [-0.3, -0.25) is 0 Å². The van der Waals surface area contributed by atoms with Crippen molar-refractivity contribution < 1.29 is 0 Å². The number of rotatable bonds is 4. The summed E-state index contributed by atoms with van der Waals surface area (Å²) in [5.41, 5.74) is 8.49. The highest BCUT2D eigenvalue weighted by molar-refractivity contribution is 9.10. The molecule has 1 aliphatic rings. The number of halogens is 1. The summed E-state index contributed by atoms with van der Waals surface area (Å²) in [5, 5.41) is 0. The molecule has 1 aromatic rings. The summed E-state index contributed by atoms with van der Waals surface area (Å²) < 4.78 is 1.19. The van der Waals surface area contributed by atoms with Crippen molar-refractivity contribution in [3.05, 3.63) is 28.2 Å². The third-order valence-corrected chi connectivity index (χ3v) is 5.15. The number of nitrogens with zero attached hydrogens (tertiary/aromatic N) is 1. The maximum absolute atomic E-state index is 5.88. The highest BCUT2D eigenvalue weighted by atomic mass is 79.9. The molecule has 0 aliphatic heterocycles. The molecule has 112 valence electrons. The van der Waals surface area contributed by atoms with Gasteiger partial charge >= 0.3 is 0 Å². The molecule has 1 aromatic carbocycles. The molecule has 0 bridgehead atoms. The Morgan fingerprint density at radius 3 is 2.65 bits per heavy atom. The topological polar surface area (TPSA) is 29.3 Å². The van der Waals surface area contributed by atoms with Crippen LogP contribution < -0.4 is 10.6 Å². The van der Waals surface area contributed by atoms with Gasteiger partial charge in [0.05, 0.1) is 5.69 Å². The Morgan fingerprint density at radius 1 is 1.35 bits per heavy atom. The summed E-state index contributed by atoms with van der Waals surface area (Å²) in [7, 11) is 2.23. The first-order valence-electron chi connectivity index (χ1n) is 7.76. The molecule has 20 heavy (non-hydrogen) atoms. The predicted molar refractivity (Wildman–Crippen MR) is 91.3 cm³/mol. The molecule has 0 spiro atoms. The number of benzene rings is 1. The van der Waals surface area contributed by atoms with E-state index in [0.717, 1.165) is 12.3 Å². The van der Waals surface area contributed by atoms with Crippen LogP contribution in [0.1, 0.15) is 45.1 Å². The largest absolute Gasteiger partial charge is 0.370 e. The van der Waals surface area contributed by atoms with Crippen molar-refractivity contribution in [3.8, 4) is 0 Å². The maximum Gasteiger partial charge on any atom is 0.0510 e. The second kappa shape index (κ2) is 6.95. The molecule has 0 heterocycles. The molecule has 1 aliphatic carbocycles. The van der Waals surface area contributed by atoms with Gasteiger partial charge in [0.25, 0.3) is 0 Å². The fourth-order valence-electron chi connectivity index (χ4n) is 3.39. The smallest absolute Gasteiger partial charge is 0.0510 e. The van der Waals surface area contributed by atoms with E-state index >= 15 is 0 Å². The van der Waals surface area contributed by atoms with E-state index in [9.17, 15) is 0 Å². The molecular formula is C17H27BrN2. The predicted octanol–water partition coefficient (Wildman–Crippen LogP) is 4.35. The molecule has 3 atom stereocenters. The van der Waals surface area contributed by atoms with Crippen LogP contribution >= 0.6 is 15.9 Å². The molecule has 3 unspecified atom stereocenters. The van der Waals surface area contributed by atoms with E-state index < -0.39 is 0 Å². The highest BCUT2D eigenvalue weighted by Crippen LogP contribution is 2.34. The average Bonchev–Trinajstić information content (AvgIpc) is 2.38. The maximum atomic E-state index is 5.88. The van der Waals surface area contributed by atoms with Crippen molar-refractivity contribution in [2.45, 2.75) is 58.0 Å². The zero-order valence-corrected chi connectivity index (χ0v) is 14.5. The van der Waals surface area contributed by atoms with Crippen LogP contribution in [0.15, 0.2) is 22.7 Å². The Labute approximate surface area is 131 Å². The molecule has 2 N–H and O–H groups in total. The summed E-state index contributed by atoms with van der Waals surface area (Å²) in [6.45, 7) is 4.44. The fourth-order valence-corrected chi connectivity index (χ4v) is 4.09. The van der Waals surface area contributed by atoms with Gasteiger partial charge in [0.15, 0.2) is 0 Å². The Bertz CT molecular complexity index is 445. The van der Waals surface area contributed by atoms with Crippen molar-refractivity contribution in [1.82, 2.24) is 0 Å². The van der Waals surface area contributed by atoms with Crippen LogP contribution in [0.5, 0.6) is 0 Å². The van der Waals surface area contributed by atoms with Crippen LogP contribution in [0.3, 0.4) is 0 Å². The Balaban J connectivity index is 2.15. The van der Waals surface area contributed by atoms with Crippen LogP contribution in [0.25, 0.3) is 0 Å². The first-order chi connectivity index (χ1) is 9.49. The summed E-state index contributed by atoms with van der Waals surface area (Å²) in [5.74, 6) is 0.782. The third kappa shape index (κ3) is 3.76. The highest BCUT2D eigenvalue weighted by Gasteiger charge is 2.26. The SMILES string of the molecule is CC(N)Cc1ccc(N(C)C2CCCCC2C)c(Br)c1. The molecular weight excluding hydrogens is 312 g/mol. The van der Waals surface area contributed by atoms with Gasteiger partial charge in [-0.1, -0.05) is 25.8 Å². The first-order valence-corrected chi connectivity index (χ1v) is 8.55. The molecule has 2 rings (SSSR count). The Hall–Kier alpha value is -0.540. The molecule has 1 saturated carbocycles. The van der Waals surface area contributed by atoms with Crippen molar-refractivity contribution >= 4 is 21.6 Å². The van der Waals surface area contributed by atoms with Gasteiger partial charge in [0.1, 0.15) is 0 Å². The zero-order chi connectivity index (χ0) is 14.7. The van der Waals surface area contributed by atoms with Gasteiger partial charge in [0.2, 0.25) is 0 Å². The van der Waals surface area contributed by atoms with E-state index in [1.807, 2.05) is 0 Å². The molecule has 0 radical (unpaired) electrons. The second-order valence-corrected chi connectivity index (χ2v) is 7.26. The Kier molecular flexibility index (Phi) is 5.50. The molecule has 0 saturated heterocycles. The van der Waals surface area contributed by atoms with Crippen LogP contribution in [0.2, 0.25) is 0 Å². The number of nitrogens with two attached hydrogens (primary N) is 1. The minimum absolute atomic E-state index is 0.212. The monoisotopic (exact) mass is 338 g/mol. The van der Waals surface area contributed by atoms with Crippen LogP contribution in [0, 0.1) is 5.92 Å². The fraction of sp³-hybridized carbons (Fsp3) is 0.647. The van der Waals surface area contributed by atoms with Crippen LogP contribution in [0.4, 0.5) is 5.69 Å². The molecule has 3 heteroatoms. The standard InChI is InChI=1S/C17H27BrN2/c1-12-6-4-5-7-16(12)20(3)17-9-8-14(10-13(2)19)11-15(17)18/h8-9,11-13,16H,4-7,10,19H2,1-3H3. The van der Waals surface area contributed by atoms with E-state index in [0.29, 0.717) is 6.04 Å². The van der Waals surface area contributed by atoms with Gasteiger partial charge in [0, 0.05) is 23.6 Å². The number of hydrogen-bond acceptors (Lipinski definition) is 2. The third-order valence-electron chi connectivity index (χ3n) is 4.51. The van der Waals surface area contributed by atoms with Gasteiger partial charge < -0.3 is 10.6 Å². The van der Waals surface area contributed by atoms with E-state index in [1.165, 1.54) is 41.4 Å². The minimum atomic E-state index is 0.212. The quantitative estimate of drug-likeness (QED) is 0.883. The van der Waals surface area contributed by atoms with Crippen LogP contribution in [-0.4, -0.2) is 19.1 Å². The molecule has 2 nitrogen and oxygen atoms in total. The first kappa shape index (κ1) is 15.8. The van der Waals surface area contributed by atoms with Gasteiger partial charge in [-0.05, 0) is 65.7 Å². The summed E-state index contributed by atoms with van der Waals surface area (Å²) >= 11 is 3.74. The van der Waals surface area contributed by atoms with E-state index in [1.54, 1.807) is 0 Å². The van der Waals surface area contributed by atoms with E-state index in [4.69, 9.17) is 5.73 Å². The van der Waals surface area contributed by atoms with E-state index in [-0.39, 0.29) is 6.04 Å². The second-order valence-electron chi connectivity index (χ2n) is 6.41. The molecule has 0 amide bonds. The number of anilines is 1. The summed E-state index contributed by atoms with van der Waals surface area (Å²) in [6.07, 6.45) is 6.35. The van der Waals surface area contributed by atoms with Crippen molar-refractivity contribution in [3.63, 3.8) is 0 Å². The van der Waals surface area contributed by atoms with Crippen molar-refractivity contribution in [1.29, 1.82) is 0 Å². The molecule has 1 fully saturated rings. The van der Waals surface area contributed by atoms with E-state index in [2.05, 4.69) is 59.9 Å². The Morgan fingerprint density at radius 2 is 2.05 bits per heavy atom. The van der Waals surface area contributed by atoms with Gasteiger partial charge in [-0.15, -0.1) is 0 Å². The lowest BCUT2D eigenvalue weighted by Gasteiger charge is -2.38. The number of hydrogen-bond donors (Lipinski definition) is 1. The summed E-state index contributed by atoms with van der Waals surface area (Å²) in [6, 6.07) is 7.56. The minimum Gasteiger partial charge on any atom is -0.370 e.